The van der Waals surface area contributed by atoms with Gasteiger partial charge in [0, 0.05) is 0 Å². The van der Waals surface area contributed by atoms with Crippen LogP contribution in [0, 0.1) is 17.8 Å². The van der Waals surface area contributed by atoms with Crippen LogP contribution < -0.4 is 0 Å². The molecule has 0 heterocycles. The molecule has 0 aliphatic heterocycles. The minimum atomic E-state index is 0.997. The maximum absolute atomic E-state index is 2.47. The summed E-state index contributed by atoms with van der Waals surface area (Å²) < 4.78 is 0. The van der Waals surface area contributed by atoms with Crippen molar-refractivity contribution in [3.63, 3.8) is 0 Å². The van der Waals surface area contributed by atoms with Gasteiger partial charge in [-0.25, -0.2) is 0 Å². The lowest BCUT2D eigenvalue weighted by atomic mass is 9.87. The highest BCUT2D eigenvalue weighted by molar-refractivity contribution is 4.76. The summed E-state index contributed by atoms with van der Waals surface area (Å²) in [6, 6.07) is 0. The van der Waals surface area contributed by atoms with E-state index in [1.54, 1.807) is 0 Å². The zero-order valence-corrected chi connectivity index (χ0v) is 9.68. The number of rotatable bonds is 5. The molecule has 0 N–H and O–H groups in total. The molecule has 78 valence electrons. The van der Waals surface area contributed by atoms with E-state index in [1.165, 1.54) is 44.9 Å². The van der Waals surface area contributed by atoms with Gasteiger partial charge in [0.2, 0.25) is 0 Å². The fraction of sp³-hybridized carbons (Fsp3) is 1.00. The van der Waals surface area contributed by atoms with Gasteiger partial charge in [-0.2, -0.15) is 0 Å². The maximum Gasteiger partial charge on any atom is -0.0386 e. The Morgan fingerprint density at radius 1 is 1.23 bits per heavy atom. The molecule has 0 aromatic heterocycles. The number of unbranched alkanes of at least 4 members (excludes halogenated alkanes) is 2. The Kier molecular flexibility index (Phi) is 4.83. The van der Waals surface area contributed by atoms with Crippen molar-refractivity contribution < 1.29 is 0 Å². The van der Waals surface area contributed by atoms with Crippen LogP contribution in [0.5, 0.6) is 0 Å². The normalized spacial score (nSPS) is 30.7. The third kappa shape index (κ3) is 3.70. The highest BCUT2D eigenvalue weighted by atomic mass is 14.3. The lowest BCUT2D eigenvalue weighted by Gasteiger charge is -2.18. The van der Waals surface area contributed by atoms with Crippen molar-refractivity contribution in [2.45, 2.75) is 65.7 Å². The standard InChI is InChI=1S/C13H26/c1-4-5-6-7-12(3)13-9-8-11(2)10-13/h11-13H,4-10H2,1-3H3. The first-order valence-corrected chi connectivity index (χ1v) is 6.24. The first-order valence-electron chi connectivity index (χ1n) is 6.24. The topological polar surface area (TPSA) is 0 Å². The number of hydrogen-bond acceptors (Lipinski definition) is 0. The van der Waals surface area contributed by atoms with Crippen LogP contribution in [0.4, 0.5) is 0 Å². The Balaban J connectivity index is 2.12. The average molecular weight is 182 g/mol. The summed E-state index contributed by atoms with van der Waals surface area (Å²) in [7, 11) is 0. The molecule has 0 spiro atoms. The second-order valence-electron chi connectivity index (χ2n) is 5.15. The monoisotopic (exact) mass is 182 g/mol. The van der Waals surface area contributed by atoms with Crippen LogP contribution in [0.1, 0.15) is 65.7 Å². The van der Waals surface area contributed by atoms with Crippen molar-refractivity contribution in [2.24, 2.45) is 17.8 Å². The van der Waals surface area contributed by atoms with E-state index in [2.05, 4.69) is 20.8 Å². The lowest BCUT2D eigenvalue weighted by molar-refractivity contribution is 0.327. The summed E-state index contributed by atoms with van der Waals surface area (Å²) in [5.74, 6) is 3.07. The molecule has 0 bridgehead atoms. The minimum absolute atomic E-state index is 0.997. The van der Waals surface area contributed by atoms with Crippen molar-refractivity contribution in [2.75, 3.05) is 0 Å². The van der Waals surface area contributed by atoms with Crippen molar-refractivity contribution in [1.82, 2.24) is 0 Å². The second-order valence-corrected chi connectivity index (χ2v) is 5.15. The van der Waals surface area contributed by atoms with E-state index in [-0.39, 0.29) is 0 Å². The molecule has 1 aliphatic carbocycles. The van der Waals surface area contributed by atoms with E-state index in [0.717, 1.165) is 17.8 Å². The summed E-state index contributed by atoms with van der Waals surface area (Å²) in [5.41, 5.74) is 0. The van der Waals surface area contributed by atoms with Crippen molar-refractivity contribution >= 4 is 0 Å². The van der Waals surface area contributed by atoms with E-state index in [0.29, 0.717) is 0 Å². The molecular weight excluding hydrogens is 156 g/mol. The average Bonchev–Trinajstić information content (AvgIpc) is 2.52. The predicted octanol–water partition coefficient (Wildman–Crippen LogP) is 4.64. The zero-order chi connectivity index (χ0) is 9.68. The van der Waals surface area contributed by atoms with Crippen LogP contribution in [0.25, 0.3) is 0 Å². The molecule has 1 aliphatic rings. The lowest BCUT2D eigenvalue weighted by Crippen LogP contribution is -2.08. The molecule has 0 heteroatoms. The van der Waals surface area contributed by atoms with E-state index in [4.69, 9.17) is 0 Å². The molecule has 13 heavy (non-hydrogen) atoms. The van der Waals surface area contributed by atoms with Crippen LogP contribution in [-0.2, 0) is 0 Å². The molecule has 1 rings (SSSR count). The van der Waals surface area contributed by atoms with E-state index in [1.807, 2.05) is 0 Å². The molecule has 1 fully saturated rings. The van der Waals surface area contributed by atoms with Gasteiger partial charge in [-0.3, -0.25) is 0 Å². The van der Waals surface area contributed by atoms with Gasteiger partial charge in [-0.1, -0.05) is 52.9 Å². The van der Waals surface area contributed by atoms with Crippen molar-refractivity contribution in [3.05, 3.63) is 0 Å². The maximum atomic E-state index is 2.47. The SMILES string of the molecule is CCCCCC(C)C1CCC(C)C1. The molecular formula is C13H26. The van der Waals surface area contributed by atoms with Gasteiger partial charge in [0.25, 0.3) is 0 Å². The number of hydrogen-bond donors (Lipinski definition) is 0. The van der Waals surface area contributed by atoms with Crippen LogP contribution in [0.3, 0.4) is 0 Å². The first kappa shape index (κ1) is 11.1. The largest absolute Gasteiger partial charge is 0.0654 e. The molecule has 0 aromatic carbocycles. The Hall–Kier alpha value is 0. The van der Waals surface area contributed by atoms with Crippen LogP contribution >= 0.6 is 0 Å². The van der Waals surface area contributed by atoms with Gasteiger partial charge in [0.05, 0.1) is 0 Å². The molecule has 0 radical (unpaired) electrons. The Morgan fingerprint density at radius 2 is 2.00 bits per heavy atom. The summed E-state index contributed by atoms with van der Waals surface area (Å²) in [4.78, 5) is 0. The fourth-order valence-electron chi connectivity index (χ4n) is 2.72. The molecule has 0 aromatic rings. The summed E-state index contributed by atoms with van der Waals surface area (Å²) in [5, 5.41) is 0. The van der Waals surface area contributed by atoms with Crippen LogP contribution in [0.2, 0.25) is 0 Å². The van der Waals surface area contributed by atoms with Gasteiger partial charge < -0.3 is 0 Å². The third-order valence-electron chi connectivity index (χ3n) is 3.80. The zero-order valence-electron chi connectivity index (χ0n) is 9.68. The van der Waals surface area contributed by atoms with Gasteiger partial charge in [0.15, 0.2) is 0 Å². The third-order valence-corrected chi connectivity index (χ3v) is 3.80. The van der Waals surface area contributed by atoms with Crippen molar-refractivity contribution in [3.8, 4) is 0 Å². The Labute approximate surface area is 84.1 Å². The Bertz CT molecular complexity index is 128. The first-order chi connectivity index (χ1) is 6.24. The smallest absolute Gasteiger partial charge is 0.0386 e. The molecule has 0 amide bonds. The van der Waals surface area contributed by atoms with E-state index >= 15 is 0 Å². The van der Waals surface area contributed by atoms with Gasteiger partial charge >= 0.3 is 0 Å². The molecule has 1 saturated carbocycles. The summed E-state index contributed by atoms with van der Waals surface area (Å²) >= 11 is 0. The molecule has 3 atom stereocenters. The van der Waals surface area contributed by atoms with E-state index < -0.39 is 0 Å². The quantitative estimate of drug-likeness (QED) is 0.543. The second kappa shape index (κ2) is 5.67. The minimum Gasteiger partial charge on any atom is -0.0654 e. The highest BCUT2D eigenvalue weighted by Crippen LogP contribution is 2.37. The molecule has 3 unspecified atom stereocenters. The predicted molar refractivity (Wildman–Crippen MR) is 59.8 cm³/mol. The van der Waals surface area contributed by atoms with E-state index in [9.17, 15) is 0 Å². The molecule has 0 saturated heterocycles. The summed E-state index contributed by atoms with van der Waals surface area (Å²) in [6.07, 6.45) is 10.2. The fourth-order valence-corrected chi connectivity index (χ4v) is 2.72. The molecule has 0 nitrogen and oxygen atoms in total. The van der Waals surface area contributed by atoms with Crippen LogP contribution in [0.15, 0.2) is 0 Å². The van der Waals surface area contributed by atoms with Gasteiger partial charge in [-0.05, 0) is 30.6 Å². The van der Waals surface area contributed by atoms with Gasteiger partial charge in [-0.15, -0.1) is 0 Å². The highest BCUT2D eigenvalue weighted by Gasteiger charge is 2.25. The van der Waals surface area contributed by atoms with Crippen molar-refractivity contribution in [1.29, 1.82) is 0 Å². The Morgan fingerprint density at radius 3 is 2.54 bits per heavy atom. The van der Waals surface area contributed by atoms with Gasteiger partial charge in [0.1, 0.15) is 0 Å². The summed E-state index contributed by atoms with van der Waals surface area (Å²) in [6.45, 7) is 7.18. The van der Waals surface area contributed by atoms with Crippen LogP contribution in [-0.4, -0.2) is 0 Å².